The average molecular weight is 353 g/mol. The summed E-state index contributed by atoms with van der Waals surface area (Å²) in [6, 6.07) is 12.8. The first-order chi connectivity index (χ1) is 12.1. The van der Waals surface area contributed by atoms with E-state index in [4.69, 9.17) is 11.6 Å². The molecule has 0 aliphatic carbocycles. The van der Waals surface area contributed by atoms with Gasteiger partial charge in [0.2, 0.25) is 0 Å². The summed E-state index contributed by atoms with van der Waals surface area (Å²) in [4.78, 5) is 20.3. The predicted octanol–water partition coefficient (Wildman–Crippen LogP) is 4.11. The van der Waals surface area contributed by atoms with Gasteiger partial charge in [-0.3, -0.25) is 9.78 Å². The monoisotopic (exact) mass is 352 g/mol. The number of nitrogens with zero attached hydrogens (tertiary/aromatic N) is 2. The lowest BCUT2D eigenvalue weighted by molar-refractivity contribution is 0.0946. The highest BCUT2D eigenvalue weighted by Gasteiger charge is 2.07. The highest BCUT2D eigenvalue weighted by molar-refractivity contribution is 6.30. The number of benzene rings is 1. The number of aromatic nitrogens is 2. The van der Waals surface area contributed by atoms with Crippen LogP contribution in [0.2, 0.25) is 5.02 Å². The highest BCUT2D eigenvalue weighted by atomic mass is 35.5. The Kier molecular flexibility index (Phi) is 5.26. The van der Waals surface area contributed by atoms with Crippen molar-refractivity contribution in [2.75, 3.05) is 5.32 Å². The van der Waals surface area contributed by atoms with Crippen molar-refractivity contribution in [2.24, 2.45) is 0 Å². The van der Waals surface area contributed by atoms with Crippen LogP contribution in [0.4, 0.5) is 11.4 Å². The lowest BCUT2D eigenvalue weighted by Gasteiger charge is -2.10. The van der Waals surface area contributed by atoms with Crippen LogP contribution in [0.1, 0.15) is 21.6 Å². The number of rotatable bonds is 5. The van der Waals surface area contributed by atoms with Crippen molar-refractivity contribution in [1.29, 1.82) is 0 Å². The van der Waals surface area contributed by atoms with Gasteiger partial charge in [-0.15, -0.1) is 0 Å². The Bertz CT molecular complexity index is 866. The number of aryl methyl sites for hydroxylation is 1. The topological polar surface area (TPSA) is 66.9 Å². The van der Waals surface area contributed by atoms with Crippen LogP contribution in [0, 0.1) is 6.92 Å². The van der Waals surface area contributed by atoms with Gasteiger partial charge in [-0.1, -0.05) is 17.7 Å². The molecule has 2 aromatic heterocycles. The van der Waals surface area contributed by atoms with Crippen molar-refractivity contribution in [3.05, 3.63) is 82.9 Å². The SMILES string of the molecule is Cc1ccc(Cl)cc1Nc1ccc(C(=O)NCc2ccncc2)nc1. The standard InChI is InChI=1S/C19H17ClN4O/c1-13-2-3-15(20)10-18(13)24-16-4-5-17(22-12-16)19(25)23-11-14-6-8-21-9-7-14/h2-10,12,24H,11H2,1H3,(H,23,25). The first-order valence-electron chi connectivity index (χ1n) is 7.78. The molecule has 2 heterocycles. The van der Waals surface area contributed by atoms with Crippen molar-refractivity contribution >= 4 is 28.9 Å². The van der Waals surface area contributed by atoms with Crippen molar-refractivity contribution in [3.63, 3.8) is 0 Å². The van der Waals surface area contributed by atoms with Gasteiger partial charge in [0.15, 0.2) is 0 Å². The first-order valence-corrected chi connectivity index (χ1v) is 8.16. The van der Waals surface area contributed by atoms with Crippen LogP contribution in [0.5, 0.6) is 0 Å². The van der Waals surface area contributed by atoms with E-state index in [2.05, 4.69) is 20.6 Å². The Morgan fingerprint density at radius 1 is 1.12 bits per heavy atom. The molecule has 0 aliphatic rings. The van der Waals surface area contributed by atoms with Gasteiger partial charge in [-0.25, -0.2) is 4.98 Å². The molecule has 0 spiro atoms. The normalized spacial score (nSPS) is 10.3. The molecule has 0 saturated heterocycles. The van der Waals surface area contributed by atoms with Gasteiger partial charge in [0, 0.05) is 29.6 Å². The van der Waals surface area contributed by atoms with Gasteiger partial charge < -0.3 is 10.6 Å². The van der Waals surface area contributed by atoms with Crippen molar-refractivity contribution in [2.45, 2.75) is 13.5 Å². The van der Waals surface area contributed by atoms with E-state index in [1.165, 1.54) is 0 Å². The van der Waals surface area contributed by atoms with Crippen LogP contribution < -0.4 is 10.6 Å². The van der Waals surface area contributed by atoms with Crippen molar-refractivity contribution < 1.29 is 4.79 Å². The van der Waals surface area contributed by atoms with Crippen LogP contribution in [0.15, 0.2) is 61.1 Å². The van der Waals surface area contributed by atoms with E-state index in [0.717, 1.165) is 22.5 Å². The summed E-state index contributed by atoms with van der Waals surface area (Å²) in [6.07, 6.45) is 5.01. The van der Waals surface area contributed by atoms with Crippen LogP contribution in [-0.2, 0) is 6.54 Å². The Labute approximate surface area is 151 Å². The molecule has 3 rings (SSSR count). The quantitative estimate of drug-likeness (QED) is 0.725. The zero-order chi connectivity index (χ0) is 17.6. The van der Waals surface area contributed by atoms with E-state index in [1.807, 2.05) is 43.3 Å². The number of halogens is 1. The van der Waals surface area contributed by atoms with E-state index in [0.29, 0.717) is 17.3 Å². The van der Waals surface area contributed by atoms with Crippen LogP contribution in [0.25, 0.3) is 0 Å². The Hall–Kier alpha value is -2.92. The molecule has 6 heteroatoms. The molecule has 0 radical (unpaired) electrons. The minimum absolute atomic E-state index is 0.220. The second kappa shape index (κ2) is 7.77. The highest BCUT2D eigenvalue weighted by Crippen LogP contribution is 2.23. The molecule has 25 heavy (non-hydrogen) atoms. The van der Waals surface area contributed by atoms with Gasteiger partial charge in [0.25, 0.3) is 5.91 Å². The Balaban J connectivity index is 1.63. The van der Waals surface area contributed by atoms with Crippen molar-refractivity contribution in [3.8, 4) is 0 Å². The number of hydrogen-bond donors (Lipinski definition) is 2. The number of amides is 1. The minimum Gasteiger partial charge on any atom is -0.354 e. The van der Waals surface area contributed by atoms with E-state index in [9.17, 15) is 4.79 Å². The van der Waals surface area contributed by atoms with E-state index in [-0.39, 0.29) is 5.91 Å². The number of anilines is 2. The van der Waals surface area contributed by atoms with Crippen LogP contribution in [-0.4, -0.2) is 15.9 Å². The van der Waals surface area contributed by atoms with Gasteiger partial charge in [-0.2, -0.15) is 0 Å². The Morgan fingerprint density at radius 3 is 2.64 bits per heavy atom. The summed E-state index contributed by atoms with van der Waals surface area (Å²) >= 11 is 6.02. The predicted molar refractivity (Wildman–Crippen MR) is 99.1 cm³/mol. The third kappa shape index (κ3) is 4.55. The second-order valence-corrected chi connectivity index (χ2v) is 5.99. The molecule has 1 amide bonds. The number of pyridine rings is 2. The molecule has 0 bridgehead atoms. The fourth-order valence-electron chi connectivity index (χ4n) is 2.26. The molecule has 0 aliphatic heterocycles. The summed E-state index contributed by atoms with van der Waals surface area (Å²) < 4.78 is 0. The summed E-state index contributed by atoms with van der Waals surface area (Å²) in [5.74, 6) is -0.220. The molecule has 3 aromatic rings. The zero-order valence-electron chi connectivity index (χ0n) is 13.7. The van der Waals surface area contributed by atoms with E-state index in [1.54, 1.807) is 24.7 Å². The van der Waals surface area contributed by atoms with Gasteiger partial charge >= 0.3 is 0 Å². The zero-order valence-corrected chi connectivity index (χ0v) is 14.4. The van der Waals surface area contributed by atoms with Crippen LogP contribution >= 0.6 is 11.6 Å². The number of carbonyl (C=O) groups excluding carboxylic acids is 1. The maximum Gasteiger partial charge on any atom is 0.270 e. The number of hydrogen-bond acceptors (Lipinski definition) is 4. The molecule has 126 valence electrons. The maximum atomic E-state index is 12.2. The van der Waals surface area contributed by atoms with Gasteiger partial charge in [-0.05, 0) is 54.4 Å². The summed E-state index contributed by atoms with van der Waals surface area (Å²) in [7, 11) is 0. The summed E-state index contributed by atoms with van der Waals surface area (Å²) in [6.45, 7) is 2.43. The maximum absolute atomic E-state index is 12.2. The summed E-state index contributed by atoms with van der Waals surface area (Å²) in [5.41, 5.74) is 4.12. The molecule has 0 unspecified atom stereocenters. The fourth-order valence-corrected chi connectivity index (χ4v) is 2.43. The van der Waals surface area contributed by atoms with Gasteiger partial charge in [0.1, 0.15) is 5.69 Å². The second-order valence-electron chi connectivity index (χ2n) is 5.55. The first kappa shape index (κ1) is 16.9. The average Bonchev–Trinajstić information content (AvgIpc) is 2.64. The number of nitrogens with one attached hydrogen (secondary N) is 2. The smallest absolute Gasteiger partial charge is 0.270 e. The largest absolute Gasteiger partial charge is 0.354 e. The van der Waals surface area contributed by atoms with E-state index < -0.39 is 0 Å². The molecular formula is C19H17ClN4O. The molecule has 0 atom stereocenters. The molecule has 1 aromatic carbocycles. The third-order valence-corrected chi connectivity index (χ3v) is 3.91. The molecule has 0 fully saturated rings. The molecule has 2 N–H and O–H groups in total. The van der Waals surface area contributed by atoms with Gasteiger partial charge in [0.05, 0.1) is 11.9 Å². The summed E-state index contributed by atoms with van der Waals surface area (Å²) in [5, 5.41) is 6.75. The Morgan fingerprint density at radius 2 is 1.92 bits per heavy atom. The number of carbonyl (C=O) groups is 1. The fraction of sp³-hybridized carbons (Fsp3) is 0.105. The molecule has 5 nitrogen and oxygen atoms in total. The van der Waals surface area contributed by atoms with E-state index >= 15 is 0 Å². The minimum atomic E-state index is -0.220. The lowest BCUT2D eigenvalue weighted by atomic mass is 10.2. The van der Waals surface area contributed by atoms with Crippen molar-refractivity contribution in [1.82, 2.24) is 15.3 Å². The third-order valence-electron chi connectivity index (χ3n) is 3.68. The van der Waals surface area contributed by atoms with Crippen LogP contribution in [0.3, 0.4) is 0 Å². The lowest BCUT2D eigenvalue weighted by Crippen LogP contribution is -2.23. The molecular weight excluding hydrogens is 336 g/mol. The molecule has 0 saturated carbocycles.